The number of hydrogen-bond donors (Lipinski definition) is 0. The smallest absolute Gasteiger partial charge is 0.191 e. The van der Waals surface area contributed by atoms with Crippen LogP contribution in [0.2, 0.25) is 10.0 Å². The lowest BCUT2D eigenvalue weighted by Gasteiger charge is -2.10. The van der Waals surface area contributed by atoms with E-state index in [1.54, 1.807) is 41.3 Å². The Bertz CT molecular complexity index is 843. The molecule has 8 heteroatoms. The van der Waals surface area contributed by atoms with Gasteiger partial charge in [0.2, 0.25) is 0 Å². The number of hydrogen-bond acceptors (Lipinski definition) is 5. The maximum absolute atomic E-state index is 6.12. The van der Waals surface area contributed by atoms with E-state index >= 15 is 0 Å². The second-order valence-corrected chi connectivity index (χ2v) is 8.46. The van der Waals surface area contributed by atoms with Crippen LogP contribution < -0.4 is 4.74 Å². The molecule has 0 N–H and O–H groups in total. The highest BCUT2D eigenvalue weighted by Gasteiger charge is 2.30. The molecule has 2 aromatic heterocycles. The number of benzene rings is 1. The minimum absolute atomic E-state index is 0.500. The maximum Gasteiger partial charge on any atom is 0.191 e. The lowest BCUT2D eigenvalue weighted by Crippen LogP contribution is -2.04. The largest absolute Gasteiger partial charge is 0.490 e. The van der Waals surface area contributed by atoms with Gasteiger partial charge in [-0.25, -0.2) is 0 Å². The van der Waals surface area contributed by atoms with Crippen LogP contribution in [0.25, 0.3) is 10.7 Å². The second-order valence-electron chi connectivity index (χ2n) is 5.63. The van der Waals surface area contributed by atoms with E-state index < -0.39 is 0 Å². The van der Waals surface area contributed by atoms with Gasteiger partial charge in [0.25, 0.3) is 0 Å². The van der Waals surface area contributed by atoms with Gasteiger partial charge in [-0.05, 0) is 36.4 Å². The van der Waals surface area contributed by atoms with Crippen LogP contribution in [0.1, 0.15) is 18.9 Å². The number of thioether (sulfide) groups is 1. The summed E-state index contributed by atoms with van der Waals surface area (Å²) in [5.74, 6) is 2.25. The zero-order chi connectivity index (χ0) is 17.2. The predicted octanol–water partition coefficient (Wildman–Crippen LogP) is 5.82. The Morgan fingerprint density at radius 2 is 1.96 bits per heavy atom. The molecule has 2 heterocycles. The van der Waals surface area contributed by atoms with Crippen LogP contribution in [0.15, 0.2) is 40.9 Å². The van der Waals surface area contributed by atoms with E-state index in [4.69, 9.17) is 27.9 Å². The lowest BCUT2D eigenvalue weighted by molar-refractivity contribution is 0.344. The van der Waals surface area contributed by atoms with Gasteiger partial charge in [-0.3, -0.25) is 4.57 Å². The van der Waals surface area contributed by atoms with Crippen molar-refractivity contribution < 1.29 is 4.74 Å². The quantitative estimate of drug-likeness (QED) is 0.362. The van der Waals surface area contributed by atoms with E-state index in [1.165, 1.54) is 12.8 Å². The van der Waals surface area contributed by atoms with Gasteiger partial charge in [0.15, 0.2) is 16.7 Å². The van der Waals surface area contributed by atoms with Gasteiger partial charge in [0.05, 0.1) is 21.5 Å². The van der Waals surface area contributed by atoms with Crippen LogP contribution in [0.3, 0.4) is 0 Å². The van der Waals surface area contributed by atoms with E-state index in [2.05, 4.69) is 26.2 Å². The molecule has 0 aliphatic heterocycles. The van der Waals surface area contributed by atoms with Crippen molar-refractivity contribution in [3.05, 3.63) is 45.8 Å². The molecule has 0 radical (unpaired) electrons. The van der Waals surface area contributed by atoms with Gasteiger partial charge in [-0.15, -0.1) is 21.5 Å². The molecule has 1 aliphatic rings. The van der Waals surface area contributed by atoms with Crippen molar-refractivity contribution in [1.82, 2.24) is 14.8 Å². The Labute approximate surface area is 164 Å². The molecule has 0 amide bonds. The molecule has 1 saturated carbocycles. The van der Waals surface area contributed by atoms with Crippen molar-refractivity contribution in [1.29, 1.82) is 0 Å². The molecular weight excluding hydrogens is 397 g/mol. The Morgan fingerprint density at radius 1 is 1.16 bits per heavy atom. The molecule has 1 aromatic carbocycles. The minimum atomic E-state index is 0.500. The topological polar surface area (TPSA) is 39.9 Å². The van der Waals surface area contributed by atoms with Crippen LogP contribution in [0.4, 0.5) is 0 Å². The summed E-state index contributed by atoms with van der Waals surface area (Å²) < 4.78 is 8.01. The fourth-order valence-corrected chi connectivity index (χ4v) is 4.54. The summed E-state index contributed by atoms with van der Waals surface area (Å²) in [5, 5.41) is 12.9. The molecule has 0 atom stereocenters. The molecule has 0 bridgehead atoms. The van der Waals surface area contributed by atoms with Gasteiger partial charge in [0, 0.05) is 11.8 Å². The number of rotatable bonds is 7. The highest BCUT2D eigenvalue weighted by atomic mass is 35.5. The van der Waals surface area contributed by atoms with Crippen LogP contribution in [-0.4, -0.2) is 27.1 Å². The van der Waals surface area contributed by atoms with Crippen molar-refractivity contribution in [2.24, 2.45) is 0 Å². The molecule has 130 valence electrons. The zero-order valence-electron chi connectivity index (χ0n) is 13.2. The zero-order valence-corrected chi connectivity index (χ0v) is 16.3. The number of halogens is 2. The molecule has 1 fully saturated rings. The Morgan fingerprint density at radius 3 is 2.64 bits per heavy atom. The molecule has 0 unspecified atom stereocenters. The Kier molecular flexibility index (Phi) is 5.22. The standard InChI is InChI=1S/C17H15Cl2N3OS2/c18-12-3-1-4-13(19)15(12)23-8-10-25-17-21-20-16(14-5-2-9-24-14)22(17)11-6-7-11/h1-5,9,11H,6-8,10H2. The first-order valence-electron chi connectivity index (χ1n) is 7.92. The molecule has 3 aromatic rings. The van der Waals surface area contributed by atoms with Crippen LogP contribution in [-0.2, 0) is 0 Å². The monoisotopic (exact) mass is 411 g/mol. The van der Waals surface area contributed by atoms with E-state index in [0.717, 1.165) is 21.6 Å². The fourth-order valence-electron chi connectivity index (χ4n) is 2.51. The van der Waals surface area contributed by atoms with Crippen molar-refractivity contribution in [3.8, 4) is 16.5 Å². The highest BCUT2D eigenvalue weighted by molar-refractivity contribution is 7.99. The predicted molar refractivity (Wildman–Crippen MR) is 104 cm³/mol. The van der Waals surface area contributed by atoms with Crippen LogP contribution in [0.5, 0.6) is 5.75 Å². The van der Waals surface area contributed by atoms with E-state index in [1.807, 2.05) is 6.07 Å². The molecule has 0 saturated heterocycles. The molecule has 4 nitrogen and oxygen atoms in total. The number of thiophene rings is 1. The fraction of sp³-hybridized carbons (Fsp3) is 0.294. The number of aromatic nitrogens is 3. The SMILES string of the molecule is Clc1cccc(Cl)c1OCCSc1nnc(-c2cccs2)n1C1CC1. The van der Waals surface area contributed by atoms with Crippen molar-refractivity contribution in [3.63, 3.8) is 0 Å². The summed E-state index contributed by atoms with van der Waals surface area (Å²) in [6.45, 7) is 0.500. The molecule has 0 spiro atoms. The summed E-state index contributed by atoms with van der Waals surface area (Å²) in [7, 11) is 0. The third-order valence-corrected chi connectivity index (χ3v) is 6.17. The summed E-state index contributed by atoms with van der Waals surface area (Å²) in [6, 6.07) is 9.99. The average Bonchev–Trinajstić information content (AvgIpc) is 3.13. The lowest BCUT2D eigenvalue weighted by atomic mass is 10.3. The van der Waals surface area contributed by atoms with E-state index in [9.17, 15) is 0 Å². The normalized spacial score (nSPS) is 14.0. The Hall–Kier alpha value is -1.21. The first kappa shape index (κ1) is 17.2. The first-order valence-corrected chi connectivity index (χ1v) is 10.5. The first-order chi connectivity index (χ1) is 12.2. The maximum atomic E-state index is 6.12. The number of para-hydroxylation sites is 1. The van der Waals surface area contributed by atoms with Gasteiger partial charge < -0.3 is 4.74 Å². The van der Waals surface area contributed by atoms with Gasteiger partial charge in [-0.1, -0.05) is 47.1 Å². The summed E-state index contributed by atoms with van der Waals surface area (Å²) in [5.41, 5.74) is 0. The van der Waals surface area contributed by atoms with Crippen LogP contribution in [0, 0.1) is 0 Å². The van der Waals surface area contributed by atoms with E-state index in [0.29, 0.717) is 28.4 Å². The molecule has 25 heavy (non-hydrogen) atoms. The van der Waals surface area contributed by atoms with Gasteiger partial charge in [-0.2, -0.15) is 0 Å². The number of ether oxygens (including phenoxy) is 1. The second kappa shape index (κ2) is 7.58. The average molecular weight is 412 g/mol. The van der Waals surface area contributed by atoms with Crippen molar-refractivity contribution in [2.45, 2.75) is 24.0 Å². The summed E-state index contributed by atoms with van der Waals surface area (Å²) in [4.78, 5) is 1.16. The van der Waals surface area contributed by atoms with Gasteiger partial charge in [0.1, 0.15) is 0 Å². The third-order valence-electron chi connectivity index (χ3n) is 3.80. The minimum Gasteiger partial charge on any atom is -0.490 e. The Balaban J connectivity index is 1.42. The molecule has 1 aliphatic carbocycles. The number of nitrogens with zero attached hydrogens (tertiary/aromatic N) is 3. The van der Waals surface area contributed by atoms with Crippen LogP contribution >= 0.6 is 46.3 Å². The van der Waals surface area contributed by atoms with Gasteiger partial charge >= 0.3 is 0 Å². The molecular formula is C17H15Cl2N3OS2. The third kappa shape index (κ3) is 3.82. The van der Waals surface area contributed by atoms with Crippen molar-refractivity contribution >= 4 is 46.3 Å². The summed E-state index contributed by atoms with van der Waals surface area (Å²) >= 11 is 15.6. The summed E-state index contributed by atoms with van der Waals surface area (Å²) in [6.07, 6.45) is 2.38. The van der Waals surface area contributed by atoms with E-state index in [-0.39, 0.29) is 0 Å². The molecule has 4 rings (SSSR count). The highest BCUT2D eigenvalue weighted by Crippen LogP contribution is 2.41. The van der Waals surface area contributed by atoms with Crippen molar-refractivity contribution in [2.75, 3.05) is 12.4 Å².